The van der Waals surface area contributed by atoms with Gasteiger partial charge < -0.3 is 10.8 Å². The largest absolute Gasteiger partial charge is 0.508 e. The van der Waals surface area contributed by atoms with Crippen LogP contribution in [0.15, 0.2) is 24.3 Å². The Labute approximate surface area is 73.0 Å². The van der Waals surface area contributed by atoms with Gasteiger partial charge in [0.25, 0.3) is 0 Å². The summed E-state index contributed by atoms with van der Waals surface area (Å²) in [5, 5.41) is 9.17. The number of rotatable bonds is 3. The SMILES string of the molecule is CCCC(N)c1cccc(O)c1. The van der Waals surface area contributed by atoms with E-state index < -0.39 is 0 Å². The maximum absolute atomic E-state index is 9.17. The van der Waals surface area contributed by atoms with Crippen molar-refractivity contribution < 1.29 is 5.11 Å². The summed E-state index contributed by atoms with van der Waals surface area (Å²) < 4.78 is 0. The lowest BCUT2D eigenvalue weighted by molar-refractivity contribution is 0.473. The summed E-state index contributed by atoms with van der Waals surface area (Å²) in [6.07, 6.45) is 2.03. The van der Waals surface area contributed by atoms with Crippen molar-refractivity contribution in [3.05, 3.63) is 29.8 Å². The fraction of sp³-hybridized carbons (Fsp3) is 0.400. The second-order valence-corrected chi connectivity index (χ2v) is 2.99. The Morgan fingerprint density at radius 2 is 2.25 bits per heavy atom. The van der Waals surface area contributed by atoms with Gasteiger partial charge in [-0.3, -0.25) is 0 Å². The number of hydrogen-bond donors (Lipinski definition) is 2. The smallest absolute Gasteiger partial charge is 0.115 e. The average molecular weight is 165 g/mol. The third-order valence-corrected chi connectivity index (χ3v) is 1.90. The second-order valence-electron chi connectivity index (χ2n) is 2.99. The molecule has 2 heteroatoms. The van der Waals surface area contributed by atoms with E-state index in [4.69, 9.17) is 5.73 Å². The van der Waals surface area contributed by atoms with Crippen LogP contribution in [0.5, 0.6) is 5.75 Å². The molecule has 1 aromatic rings. The maximum Gasteiger partial charge on any atom is 0.115 e. The molecule has 0 spiro atoms. The van der Waals surface area contributed by atoms with Crippen molar-refractivity contribution in [3.8, 4) is 5.75 Å². The van der Waals surface area contributed by atoms with E-state index in [1.54, 1.807) is 12.1 Å². The molecule has 1 aromatic carbocycles. The topological polar surface area (TPSA) is 46.2 Å². The summed E-state index contributed by atoms with van der Waals surface area (Å²) in [5.41, 5.74) is 6.87. The molecule has 12 heavy (non-hydrogen) atoms. The molecule has 0 bridgehead atoms. The minimum atomic E-state index is 0.0575. The van der Waals surface area contributed by atoms with Gasteiger partial charge in [-0.25, -0.2) is 0 Å². The highest BCUT2D eigenvalue weighted by Gasteiger charge is 2.03. The van der Waals surface area contributed by atoms with Crippen molar-refractivity contribution in [2.45, 2.75) is 25.8 Å². The van der Waals surface area contributed by atoms with Gasteiger partial charge in [0, 0.05) is 6.04 Å². The highest BCUT2D eigenvalue weighted by Crippen LogP contribution is 2.19. The number of nitrogens with two attached hydrogens (primary N) is 1. The van der Waals surface area contributed by atoms with E-state index in [0.717, 1.165) is 18.4 Å². The molecule has 0 fully saturated rings. The fourth-order valence-electron chi connectivity index (χ4n) is 1.23. The Hall–Kier alpha value is -1.02. The van der Waals surface area contributed by atoms with Crippen LogP contribution in [0.2, 0.25) is 0 Å². The number of phenols is 1. The third kappa shape index (κ3) is 2.24. The molecule has 0 saturated carbocycles. The Morgan fingerprint density at radius 3 is 2.83 bits per heavy atom. The summed E-state index contributed by atoms with van der Waals surface area (Å²) in [6.45, 7) is 2.10. The van der Waals surface area contributed by atoms with Crippen LogP contribution in [0, 0.1) is 0 Å². The van der Waals surface area contributed by atoms with Crippen LogP contribution in [0.3, 0.4) is 0 Å². The molecule has 3 N–H and O–H groups in total. The van der Waals surface area contributed by atoms with Crippen molar-refractivity contribution in [1.82, 2.24) is 0 Å². The van der Waals surface area contributed by atoms with Gasteiger partial charge in [0.15, 0.2) is 0 Å². The summed E-state index contributed by atoms with van der Waals surface area (Å²) in [5.74, 6) is 0.291. The first kappa shape index (κ1) is 9.07. The molecular formula is C10H15NO. The van der Waals surface area contributed by atoms with E-state index in [1.165, 1.54) is 0 Å². The van der Waals surface area contributed by atoms with Gasteiger partial charge in [-0.2, -0.15) is 0 Å². The monoisotopic (exact) mass is 165 g/mol. The zero-order valence-corrected chi connectivity index (χ0v) is 7.33. The number of hydrogen-bond acceptors (Lipinski definition) is 2. The molecule has 66 valence electrons. The van der Waals surface area contributed by atoms with Crippen molar-refractivity contribution >= 4 is 0 Å². The van der Waals surface area contributed by atoms with Gasteiger partial charge in [-0.1, -0.05) is 25.5 Å². The summed E-state index contributed by atoms with van der Waals surface area (Å²) in [7, 11) is 0. The fourth-order valence-corrected chi connectivity index (χ4v) is 1.23. The lowest BCUT2D eigenvalue weighted by Gasteiger charge is -2.10. The van der Waals surface area contributed by atoms with Gasteiger partial charge in [0.1, 0.15) is 5.75 Å². The van der Waals surface area contributed by atoms with Crippen LogP contribution < -0.4 is 5.73 Å². The Balaban J connectivity index is 2.73. The molecule has 0 aliphatic rings. The van der Waals surface area contributed by atoms with Crippen LogP contribution in [-0.2, 0) is 0 Å². The number of phenolic OH excluding ortho intramolecular Hbond substituents is 1. The minimum Gasteiger partial charge on any atom is -0.508 e. The second kappa shape index (κ2) is 4.12. The van der Waals surface area contributed by atoms with Crippen LogP contribution in [0.4, 0.5) is 0 Å². The predicted molar refractivity (Wildman–Crippen MR) is 49.9 cm³/mol. The summed E-state index contributed by atoms with van der Waals surface area (Å²) in [4.78, 5) is 0. The van der Waals surface area contributed by atoms with E-state index in [-0.39, 0.29) is 6.04 Å². The van der Waals surface area contributed by atoms with Crippen molar-refractivity contribution in [3.63, 3.8) is 0 Å². The first-order valence-corrected chi connectivity index (χ1v) is 4.28. The molecular weight excluding hydrogens is 150 g/mol. The van der Waals surface area contributed by atoms with Crippen LogP contribution >= 0.6 is 0 Å². The Morgan fingerprint density at radius 1 is 1.50 bits per heavy atom. The van der Waals surface area contributed by atoms with Gasteiger partial charge in [0.05, 0.1) is 0 Å². The van der Waals surface area contributed by atoms with E-state index in [0.29, 0.717) is 5.75 Å². The minimum absolute atomic E-state index is 0.0575. The van der Waals surface area contributed by atoms with Crippen molar-refractivity contribution in [2.24, 2.45) is 5.73 Å². The maximum atomic E-state index is 9.17. The van der Waals surface area contributed by atoms with E-state index >= 15 is 0 Å². The van der Waals surface area contributed by atoms with Gasteiger partial charge in [-0.05, 0) is 24.1 Å². The molecule has 1 unspecified atom stereocenters. The molecule has 0 radical (unpaired) electrons. The summed E-state index contributed by atoms with van der Waals surface area (Å²) >= 11 is 0. The molecule has 0 heterocycles. The van der Waals surface area contributed by atoms with E-state index in [2.05, 4.69) is 6.92 Å². The molecule has 1 rings (SSSR count). The Bertz CT molecular complexity index is 247. The van der Waals surface area contributed by atoms with E-state index in [1.807, 2.05) is 12.1 Å². The number of aromatic hydroxyl groups is 1. The van der Waals surface area contributed by atoms with Crippen molar-refractivity contribution in [2.75, 3.05) is 0 Å². The van der Waals surface area contributed by atoms with Gasteiger partial charge >= 0.3 is 0 Å². The third-order valence-electron chi connectivity index (χ3n) is 1.90. The van der Waals surface area contributed by atoms with Gasteiger partial charge in [-0.15, -0.1) is 0 Å². The zero-order chi connectivity index (χ0) is 8.97. The van der Waals surface area contributed by atoms with Crippen LogP contribution in [-0.4, -0.2) is 5.11 Å². The normalized spacial score (nSPS) is 12.8. The molecule has 0 aromatic heterocycles. The Kier molecular flexibility index (Phi) is 3.11. The first-order chi connectivity index (χ1) is 5.74. The highest BCUT2D eigenvalue weighted by molar-refractivity contribution is 5.29. The molecule has 2 nitrogen and oxygen atoms in total. The number of benzene rings is 1. The van der Waals surface area contributed by atoms with Crippen LogP contribution in [0.1, 0.15) is 31.4 Å². The van der Waals surface area contributed by atoms with E-state index in [9.17, 15) is 5.11 Å². The molecule has 0 aliphatic carbocycles. The lowest BCUT2D eigenvalue weighted by Crippen LogP contribution is -2.09. The van der Waals surface area contributed by atoms with Crippen LogP contribution in [0.25, 0.3) is 0 Å². The molecule has 0 aliphatic heterocycles. The zero-order valence-electron chi connectivity index (χ0n) is 7.33. The highest BCUT2D eigenvalue weighted by atomic mass is 16.3. The lowest BCUT2D eigenvalue weighted by atomic mass is 10.0. The molecule has 0 saturated heterocycles. The first-order valence-electron chi connectivity index (χ1n) is 4.28. The predicted octanol–water partition coefficient (Wildman–Crippen LogP) is 2.19. The molecule has 1 atom stereocenters. The van der Waals surface area contributed by atoms with Crippen molar-refractivity contribution in [1.29, 1.82) is 0 Å². The quantitative estimate of drug-likeness (QED) is 0.721. The standard InChI is InChI=1S/C10H15NO/c1-2-4-10(11)8-5-3-6-9(12)7-8/h3,5-7,10,12H,2,4,11H2,1H3. The molecule has 0 amide bonds. The average Bonchev–Trinajstić information content (AvgIpc) is 2.05. The summed E-state index contributed by atoms with van der Waals surface area (Å²) in [6, 6.07) is 7.20. The van der Waals surface area contributed by atoms with Gasteiger partial charge in [0.2, 0.25) is 0 Å².